The van der Waals surface area contributed by atoms with Crippen LogP contribution in [0.15, 0.2) is 46.2 Å². The Kier molecular flexibility index (Phi) is 5.79. The van der Waals surface area contributed by atoms with Gasteiger partial charge in [-0.2, -0.15) is 0 Å². The summed E-state index contributed by atoms with van der Waals surface area (Å²) in [5.74, 6) is 1.27. The Hall–Kier alpha value is -2.16. The number of hydrogen-bond donors (Lipinski definition) is 1. The van der Waals surface area contributed by atoms with E-state index in [0.717, 1.165) is 35.7 Å². The number of Topliss-reactive ketones (excluding diaryl/α,β-unsaturated/α-hetero) is 1. The molecule has 0 aliphatic heterocycles. The topological polar surface area (TPSA) is 63.6 Å². The number of hydrogen-bond acceptors (Lipinski definition) is 6. The first kappa shape index (κ1) is 19.2. The first-order valence-corrected chi connectivity index (χ1v) is 11.6. The van der Waals surface area contributed by atoms with Crippen molar-refractivity contribution in [3.63, 3.8) is 0 Å². The van der Waals surface area contributed by atoms with E-state index in [-0.39, 0.29) is 5.78 Å². The molecule has 0 spiro atoms. The first-order valence-electron chi connectivity index (χ1n) is 8.89. The van der Waals surface area contributed by atoms with E-state index in [1.54, 1.807) is 22.7 Å². The molecular weight excluding hydrogens is 408 g/mol. The van der Waals surface area contributed by atoms with Gasteiger partial charge in [-0.1, -0.05) is 23.9 Å². The number of nitrogens with one attached hydrogen (secondary N) is 1. The van der Waals surface area contributed by atoms with Crippen LogP contribution in [0.25, 0.3) is 0 Å². The Morgan fingerprint density at radius 2 is 1.93 bits per heavy atom. The van der Waals surface area contributed by atoms with Gasteiger partial charge < -0.3 is 4.57 Å². The molecule has 0 atom stereocenters. The Bertz CT molecular complexity index is 1060. The molecule has 1 N–H and O–H groups in total. The van der Waals surface area contributed by atoms with E-state index in [4.69, 9.17) is 0 Å². The molecule has 0 unspecified atom stereocenters. The van der Waals surface area contributed by atoms with Gasteiger partial charge in [-0.15, -0.1) is 27.8 Å². The maximum absolute atomic E-state index is 12.8. The van der Waals surface area contributed by atoms with Crippen molar-refractivity contribution < 1.29 is 4.79 Å². The van der Waals surface area contributed by atoms with E-state index in [1.807, 2.05) is 19.1 Å². The standard InChI is InChI=1S/C20H20N4OS3/c1-13-9-17(14(2)24(13)11-16-6-4-8-27-16)18(25)12-28-20-21-19(22-23-20)10-15-5-3-7-26-15/h3-9H,10-12H2,1-2H3,(H,21,22,23). The van der Waals surface area contributed by atoms with Gasteiger partial charge >= 0.3 is 0 Å². The highest BCUT2D eigenvalue weighted by Gasteiger charge is 2.17. The molecule has 0 radical (unpaired) electrons. The van der Waals surface area contributed by atoms with Crippen LogP contribution in [-0.2, 0) is 13.0 Å². The third-order valence-corrected chi connectivity index (χ3v) is 7.12. The van der Waals surface area contributed by atoms with Crippen molar-refractivity contribution in [1.29, 1.82) is 0 Å². The summed E-state index contributed by atoms with van der Waals surface area (Å²) in [6, 6.07) is 10.3. The van der Waals surface area contributed by atoms with Crippen LogP contribution in [0.5, 0.6) is 0 Å². The molecule has 4 aromatic rings. The molecule has 0 saturated heterocycles. The fourth-order valence-corrected chi connectivity index (χ4v) is 5.20. The van der Waals surface area contributed by atoms with Crippen molar-refractivity contribution in [2.24, 2.45) is 0 Å². The number of H-pyrrole nitrogens is 1. The second-order valence-electron chi connectivity index (χ2n) is 6.48. The molecule has 144 valence electrons. The van der Waals surface area contributed by atoms with Gasteiger partial charge in [0.1, 0.15) is 5.82 Å². The summed E-state index contributed by atoms with van der Waals surface area (Å²) in [4.78, 5) is 19.8. The number of aryl methyl sites for hydroxylation is 1. The number of rotatable bonds is 8. The molecule has 0 aliphatic rings. The zero-order chi connectivity index (χ0) is 19.5. The van der Waals surface area contributed by atoms with E-state index in [9.17, 15) is 4.79 Å². The highest BCUT2D eigenvalue weighted by Crippen LogP contribution is 2.22. The molecule has 5 nitrogen and oxygen atoms in total. The summed E-state index contributed by atoms with van der Waals surface area (Å²) in [5.41, 5.74) is 2.91. The first-order chi connectivity index (χ1) is 13.6. The molecule has 0 fully saturated rings. The SMILES string of the molecule is Cc1cc(C(=O)CSc2n[nH]c(Cc3cccs3)n2)c(C)n1Cc1cccs1. The van der Waals surface area contributed by atoms with Crippen LogP contribution in [0.1, 0.15) is 37.3 Å². The van der Waals surface area contributed by atoms with Crippen LogP contribution >= 0.6 is 34.4 Å². The second-order valence-corrected chi connectivity index (χ2v) is 9.49. The third kappa shape index (κ3) is 4.29. The second kappa shape index (κ2) is 8.46. The van der Waals surface area contributed by atoms with Crippen LogP contribution in [-0.4, -0.2) is 31.3 Å². The van der Waals surface area contributed by atoms with Gasteiger partial charge in [-0.25, -0.2) is 4.98 Å². The predicted octanol–water partition coefficient (Wildman–Crippen LogP) is 4.96. The molecule has 28 heavy (non-hydrogen) atoms. The summed E-state index contributed by atoms with van der Waals surface area (Å²) in [6.07, 6.45) is 0.739. The normalized spacial score (nSPS) is 11.2. The lowest BCUT2D eigenvalue weighted by atomic mass is 10.2. The molecule has 0 bridgehead atoms. The third-order valence-electron chi connectivity index (χ3n) is 4.53. The zero-order valence-corrected chi connectivity index (χ0v) is 18.1. The van der Waals surface area contributed by atoms with Crippen molar-refractivity contribution in [2.75, 3.05) is 5.75 Å². The van der Waals surface area contributed by atoms with Gasteiger partial charge in [-0.05, 0) is 42.8 Å². The van der Waals surface area contributed by atoms with Crippen LogP contribution in [0.4, 0.5) is 0 Å². The fraction of sp³-hybridized carbons (Fsp3) is 0.250. The highest BCUT2D eigenvalue weighted by atomic mass is 32.2. The average Bonchev–Trinajstić information content (AvgIpc) is 3.47. The minimum absolute atomic E-state index is 0.111. The molecule has 4 aromatic heterocycles. The van der Waals surface area contributed by atoms with E-state index >= 15 is 0 Å². The summed E-state index contributed by atoms with van der Waals surface area (Å²) < 4.78 is 2.20. The van der Waals surface area contributed by atoms with Gasteiger partial charge in [0, 0.05) is 33.1 Å². The van der Waals surface area contributed by atoms with E-state index in [1.165, 1.54) is 21.5 Å². The van der Waals surface area contributed by atoms with Gasteiger partial charge in [0.25, 0.3) is 0 Å². The van der Waals surface area contributed by atoms with Gasteiger partial charge in [0.05, 0.1) is 12.3 Å². The Labute approximate surface area is 175 Å². The number of ketones is 1. The Morgan fingerprint density at radius 1 is 1.18 bits per heavy atom. The maximum atomic E-state index is 12.8. The zero-order valence-electron chi connectivity index (χ0n) is 15.6. The monoisotopic (exact) mass is 428 g/mol. The lowest BCUT2D eigenvalue weighted by Crippen LogP contribution is -2.07. The minimum Gasteiger partial charge on any atom is -0.343 e. The lowest BCUT2D eigenvalue weighted by molar-refractivity contribution is 0.102. The summed E-state index contributed by atoms with van der Waals surface area (Å²) in [7, 11) is 0. The fourth-order valence-electron chi connectivity index (χ4n) is 3.09. The number of nitrogens with zero attached hydrogens (tertiary/aromatic N) is 3. The number of thiophene rings is 2. The molecule has 4 rings (SSSR count). The smallest absolute Gasteiger partial charge is 0.208 e. The molecule has 0 amide bonds. The molecule has 4 heterocycles. The van der Waals surface area contributed by atoms with Crippen molar-refractivity contribution >= 4 is 40.2 Å². The molecular formula is C20H20N4OS3. The quantitative estimate of drug-likeness (QED) is 0.318. The highest BCUT2D eigenvalue weighted by molar-refractivity contribution is 7.99. The molecule has 0 aliphatic carbocycles. The van der Waals surface area contributed by atoms with Gasteiger partial charge in [0.15, 0.2) is 5.78 Å². The van der Waals surface area contributed by atoms with Crippen molar-refractivity contribution in [3.05, 3.63) is 73.6 Å². The maximum Gasteiger partial charge on any atom is 0.208 e. The van der Waals surface area contributed by atoms with E-state index in [2.05, 4.69) is 55.6 Å². The van der Waals surface area contributed by atoms with Crippen molar-refractivity contribution in [3.8, 4) is 0 Å². The molecule has 8 heteroatoms. The van der Waals surface area contributed by atoms with Crippen LogP contribution in [0, 0.1) is 13.8 Å². The van der Waals surface area contributed by atoms with Crippen LogP contribution < -0.4 is 0 Å². The largest absolute Gasteiger partial charge is 0.343 e. The number of carbonyl (C=O) groups is 1. The van der Waals surface area contributed by atoms with Crippen LogP contribution in [0.3, 0.4) is 0 Å². The predicted molar refractivity (Wildman–Crippen MR) is 116 cm³/mol. The number of aromatic amines is 1. The summed E-state index contributed by atoms with van der Waals surface area (Å²) >= 11 is 4.81. The van der Waals surface area contributed by atoms with Gasteiger partial charge in [-0.3, -0.25) is 9.89 Å². The Morgan fingerprint density at radius 3 is 2.64 bits per heavy atom. The molecule has 0 aromatic carbocycles. The number of thioether (sulfide) groups is 1. The van der Waals surface area contributed by atoms with Crippen molar-refractivity contribution in [2.45, 2.75) is 32.0 Å². The van der Waals surface area contributed by atoms with E-state index in [0.29, 0.717) is 10.9 Å². The lowest BCUT2D eigenvalue weighted by Gasteiger charge is -2.08. The van der Waals surface area contributed by atoms with Crippen LogP contribution in [0.2, 0.25) is 0 Å². The number of carbonyl (C=O) groups excluding carboxylic acids is 1. The molecule has 0 saturated carbocycles. The van der Waals surface area contributed by atoms with Gasteiger partial charge in [0.2, 0.25) is 5.16 Å². The summed E-state index contributed by atoms with van der Waals surface area (Å²) in [6.45, 7) is 4.88. The average molecular weight is 429 g/mol. The van der Waals surface area contributed by atoms with Crippen molar-refractivity contribution in [1.82, 2.24) is 19.7 Å². The number of aromatic nitrogens is 4. The Balaban J connectivity index is 1.39. The minimum atomic E-state index is 0.111. The van der Waals surface area contributed by atoms with E-state index < -0.39 is 0 Å². The summed E-state index contributed by atoms with van der Waals surface area (Å²) in [5, 5.41) is 11.9.